The Morgan fingerprint density at radius 1 is 1.25 bits per heavy atom. The molecule has 0 radical (unpaired) electrons. The fourth-order valence-electron chi connectivity index (χ4n) is 2.84. The number of hydrogen-bond acceptors (Lipinski definition) is 6. The summed E-state index contributed by atoms with van der Waals surface area (Å²) in [5, 5.41) is 4.12. The molecule has 0 aliphatic carbocycles. The molecule has 0 spiro atoms. The smallest absolute Gasteiger partial charge is 0.227 e. The average molecular weight is 331 g/mol. The van der Waals surface area contributed by atoms with Gasteiger partial charge in [-0.15, -0.1) is 0 Å². The lowest BCUT2D eigenvalue weighted by atomic mass is 10.1. The van der Waals surface area contributed by atoms with Gasteiger partial charge in [0.25, 0.3) is 0 Å². The number of aryl methyl sites for hydroxylation is 2. The molecule has 130 valence electrons. The number of aromatic nitrogens is 2. The summed E-state index contributed by atoms with van der Waals surface area (Å²) in [5.74, 6) is 2.18. The molecule has 1 atom stereocenters. The number of rotatable bonds is 6. The Hall–Kier alpha value is -1.92. The van der Waals surface area contributed by atoms with Gasteiger partial charge in [0.2, 0.25) is 11.7 Å². The molecule has 1 aliphatic heterocycles. The van der Waals surface area contributed by atoms with Crippen molar-refractivity contribution in [2.45, 2.75) is 38.8 Å². The zero-order valence-corrected chi connectivity index (χ0v) is 14.6. The minimum atomic E-state index is -0.0976. The zero-order valence-electron chi connectivity index (χ0n) is 14.6. The fourth-order valence-corrected chi connectivity index (χ4v) is 2.84. The van der Waals surface area contributed by atoms with Crippen LogP contribution in [0.5, 0.6) is 5.75 Å². The van der Waals surface area contributed by atoms with Gasteiger partial charge in [-0.25, -0.2) is 0 Å². The Labute approximate surface area is 142 Å². The van der Waals surface area contributed by atoms with Crippen LogP contribution in [-0.4, -0.2) is 47.9 Å². The normalized spacial score (nSPS) is 18.9. The summed E-state index contributed by atoms with van der Waals surface area (Å²) in [5.41, 5.74) is 1.22. The number of nitrogens with zero attached hydrogens (tertiary/aromatic N) is 3. The van der Waals surface area contributed by atoms with E-state index in [-0.39, 0.29) is 6.10 Å². The van der Waals surface area contributed by atoms with Gasteiger partial charge in [-0.2, -0.15) is 4.98 Å². The van der Waals surface area contributed by atoms with E-state index in [1.54, 1.807) is 7.11 Å². The van der Waals surface area contributed by atoms with Gasteiger partial charge in [-0.1, -0.05) is 17.3 Å². The minimum absolute atomic E-state index is 0.0976. The maximum Gasteiger partial charge on any atom is 0.227 e. The van der Waals surface area contributed by atoms with Crippen LogP contribution in [0.2, 0.25) is 0 Å². The van der Waals surface area contributed by atoms with Crippen LogP contribution in [0, 0.1) is 0 Å². The van der Waals surface area contributed by atoms with Crippen LogP contribution in [0.25, 0.3) is 0 Å². The van der Waals surface area contributed by atoms with Crippen molar-refractivity contribution in [3.8, 4) is 5.75 Å². The highest BCUT2D eigenvalue weighted by molar-refractivity contribution is 5.27. The molecular weight excluding hydrogens is 306 g/mol. The van der Waals surface area contributed by atoms with Crippen molar-refractivity contribution >= 4 is 0 Å². The van der Waals surface area contributed by atoms with Crippen LogP contribution < -0.4 is 4.74 Å². The van der Waals surface area contributed by atoms with E-state index in [9.17, 15) is 0 Å². The van der Waals surface area contributed by atoms with Gasteiger partial charge in [-0.3, -0.25) is 4.90 Å². The second-order valence-electron chi connectivity index (χ2n) is 6.34. The molecule has 1 saturated heterocycles. The van der Waals surface area contributed by atoms with Gasteiger partial charge >= 0.3 is 0 Å². The Kier molecular flexibility index (Phi) is 5.48. The first-order valence-corrected chi connectivity index (χ1v) is 8.47. The zero-order chi connectivity index (χ0) is 16.9. The summed E-state index contributed by atoms with van der Waals surface area (Å²) in [6, 6.07) is 8.54. The van der Waals surface area contributed by atoms with Crippen molar-refractivity contribution in [2.24, 2.45) is 0 Å². The number of ether oxygens (including phenoxy) is 2. The van der Waals surface area contributed by atoms with Gasteiger partial charge in [0, 0.05) is 25.6 Å². The molecule has 6 nitrogen and oxygen atoms in total. The van der Waals surface area contributed by atoms with E-state index < -0.39 is 0 Å². The molecule has 0 amide bonds. The molecular formula is C18H25N3O3. The number of hydrogen-bond donors (Lipinski definition) is 0. The second-order valence-corrected chi connectivity index (χ2v) is 6.34. The molecule has 0 bridgehead atoms. The SMILES string of the molecule is COc1ccc(CCc2nc([C@H]3CN(C(C)C)CCO3)no2)cc1. The van der Waals surface area contributed by atoms with E-state index in [1.165, 1.54) is 5.56 Å². The summed E-state index contributed by atoms with van der Waals surface area (Å²) in [7, 11) is 1.67. The maximum atomic E-state index is 5.81. The highest BCUT2D eigenvalue weighted by atomic mass is 16.5. The summed E-state index contributed by atoms with van der Waals surface area (Å²) in [6.07, 6.45) is 1.48. The van der Waals surface area contributed by atoms with Gasteiger partial charge in [0.15, 0.2) is 0 Å². The van der Waals surface area contributed by atoms with Crippen LogP contribution in [0.1, 0.15) is 37.2 Å². The predicted octanol–water partition coefficient (Wildman–Crippen LogP) is 2.65. The Morgan fingerprint density at radius 3 is 2.75 bits per heavy atom. The van der Waals surface area contributed by atoms with E-state index in [0.717, 1.165) is 31.7 Å². The van der Waals surface area contributed by atoms with Gasteiger partial charge in [0.05, 0.1) is 13.7 Å². The number of methoxy groups -OCH3 is 1. The van der Waals surface area contributed by atoms with Crippen LogP contribution in [0.4, 0.5) is 0 Å². The minimum Gasteiger partial charge on any atom is -0.497 e. The standard InChI is InChI=1S/C18H25N3O3/c1-13(2)21-10-11-23-16(12-21)18-19-17(24-20-18)9-6-14-4-7-15(22-3)8-5-14/h4-5,7-8,13,16H,6,9-12H2,1-3H3/t16-/m1/s1. The molecule has 1 aromatic heterocycles. The van der Waals surface area contributed by atoms with Gasteiger partial charge in [-0.05, 0) is 38.0 Å². The molecule has 1 fully saturated rings. The number of benzene rings is 1. The van der Waals surface area contributed by atoms with Crippen molar-refractivity contribution in [2.75, 3.05) is 26.8 Å². The summed E-state index contributed by atoms with van der Waals surface area (Å²) < 4.78 is 16.4. The molecule has 1 aromatic carbocycles. The van der Waals surface area contributed by atoms with E-state index in [0.29, 0.717) is 24.4 Å². The van der Waals surface area contributed by atoms with E-state index in [4.69, 9.17) is 14.0 Å². The predicted molar refractivity (Wildman–Crippen MR) is 90.1 cm³/mol. The van der Waals surface area contributed by atoms with Crippen LogP contribution in [-0.2, 0) is 17.6 Å². The quantitative estimate of drug-likeness (QED) is 0.811. The third-order valence-electron chi connectivity index (χ3n) is 4.39. The topological polar surface area (TPSA) is 60.6 Å². The second kappa shape index (κ2) is 7.77. The summed E-state index contributed by atoms with van der Waals surface area (Å²) in [6.45, 7) is 6.86. The third kappa shape index (κ3) is 4.13. The first-order chi connectivity index (χ1) is 11.7. The van der Waals surface area contributed by atoms with Gasteiger partial charge in [0.1, 0.15) is 11.9 Å². The summed E-state index contributed by atoms with van der Waals surface area (Å²) >= 11 is 0. The van der Waals surface area contributed by atoms with Crippen LogP contribution >= 0.6 is 0 Å². The van der Waals surface area contributed by atoms with Crippen molar-refractivity contribution < 1.29 is 14.0 Å². The third-order valence-corrected chi connectivity index (χ3v) is 4.39. The lowest BCUT2D eigenvalue weighted by Gasteiger charge is -2.34. The van der Waals surface area contributed by atoms with Crippen molar-refractivity contribution in [1.29, 1.82) is 0 Å². The molecule has 2 heterocycles. The summed E-state index contributed by atoms with van der Waals surface area (Å²) in [4.78, 5) is 6.90. The van der Waals surface area contributed by atoms with Crippen molar-refractivity contribution in [3.63, 3.8) is 0 Å². The highest BCUT2D eigenvalue weighted by Crippen LogP contribution is 2.21. The molecule has 0 unspecified atom stereocenters. The van der Waals surface area contributed by atoms with E-state index in [2.05, 4.69) is 41.0 Å². The Bertz CT molecular complexity index is 639. The molecule has 6 heteroatoms. The molecule has 0 saturated carbocycles. The van der Waals surface area contributed by atoms with Crippen molar-refractivity contribution in [3.05, 3.63) is 41.5 Å². The molecule has 2 aromatic rings. The molecule has 0 N–H and O–H groups in total. The largest absolute Gasteiger partial charge is 0.497 e. The van der Waals surface area contributed by atoms with Gasteiger partial charge < -0.3 is 14.0 Å². The highest BCUT2D eigenvalue weighted by Gasteiger charge is 2.27. The van der Waals surface area contributed by atoms with Crippen LogP contribution in [0.3, 0.4) is 0 Å². The fraction of sp³-hybridized carbons (Fsp3) is 0.556. The Balaban J connectivity index is 1.56. The molecule has 1 aliphatic rings. The average Bonchev–Trinajstić information content (AvgIpc) is 3.09. The molecule has 24 heavy (non-hydrogen) atoms. The Morgan fingerprint density at radius 2 is 2.04 bits per heavy atom. The monoisotopic (exact) mass is 331 g/mol. The van der Waals surface area contributed by atoms with E-state index >= 15 is 0 Å². The van der Waals surface area contributed by atoms with E-state index in [1.807, 2.05) is 12.1 Å². The maximum absolute atomic E-state index is 5.81. The number of morpholine rings is 1. The van der Waals surface area contributed by atoms with Crippen molar-refractivity contribution in [1.82, 2.24) is 15.0 Å². The lowest BCUT2D eigenvalue weighted by Crippen LogP contribution is -2.42. The first-order valence-electron chi connectivity index (χ1n) is 8.47. The van der Waals surface area contributed by atoms with Crippen LogP contribution in [0.15, 0.2) is 28.8 Å². The first kappa shape index (κ1) is 16.9. The lowest BCUT2D eigenvalue weighted by molar-refractivity contribution is -0.0450. The molecule has 3 rings (SSSR count).